The number of anilines is 1. The van der Waals surface area contributed by atoms with E-state index >= 15 is 0 Å². The van der Waals surface area contributed by atoms with E-state index in [0.29, 0.717) is 29.9 Å². The first kappa shape index (κ1) is 38.7. The molecule has 9 rings (SSSR count). The molecule has 300 valence electrons. The van der Waals surface area contributed by atoms with Crippen molar-refractivity contribution in [2.45, 2.75) is 81.4 Å². The first-order valence-corrected chi connectivity index (χ1v) is 23.8. The van der Waals surface area contributed by atoms with E-state index in [1.807, 2.05) is 18.2 Å². The number of ether oxygens (including phenoxy) is 4. The Bertz CT molecular complexity index is 2230. The van der Waals surface area contributed by atoms with E-state index in [1.54, 1.807) is 23.0 Å². The van der Waals surface area contributed by atoms with E-state index in [2.05, 4.69) is 100 Å². The van der Waals surface area contributed by atoms with Crippen LogP contribution in [0.2, 0.25) is 12.6 Å². The molecule has 0 aliphatic carbocycles. The molecule has 58 heavy (non-hydrogen) atoms. The van der Waals surface area contributed by atoms with Gasteiger partial charge in [-0.3, -0.25) is 14.7 Å². The summed E-state index contributed by atoms with van der Waals surface area (Å²) in [4.78, 5) is 26.8. The van der Waals surface area contributed by atoms with Crippen molar-refractivity contribution in [3.05, 3.63) is 97.3 Å². The Morgan fingerprint density at radius 2 is 1.76 bits per heavy atom. The summed E-state index contributed by atoms with van der Waals surface area (Å²) < 4.78 is 43.4. The topological polar surface area (TPSA) is 155 Å². The van der Waals surface area contributed by atoms with Crippen LogP contribution in [0.3, 0.4) is 0 Å². The molecule has 4 saturated heterocycles. The molecule has 2 bridgehead atoms. The zero-order valence-corrected chi connectivity index (χ0v) is 34.4. The number of rotatable bonds is 15. The van der Waals surface area contributed by atoms with Crippen molar-refractivity contribution in [1.29, 1.82) is 5.26 Å². The van der Waals surface area contributed by atoms with Crippen molar-refractivity contribution in [1.82, 2.24) is 24.2 Å². The van der Waals surface area contributed by atoms with Crippen molar-refractivity contribution in [3.63, 3.8) is 0 Å². The number of aromatic nitrogens is 4. The van der Waals surface area contributed by atoms with Crippen LogP contribution in [-0.2, 0) is 23.3 Å². The number of nitriles is 1. The second kappa shape index (κ2) is 16.5. The number of carbonyl (C=O) groups excluding carboxylic acids is 1. The molecule has 4 fully saturated rings. The SMILES string of the molecule is CC[C@@]12CO[C@@H](C1O[P@]1O[C@@H](C[Si](C)(c3ccccc3)c3ccccc3)[C@H]3CCCN31)[C@H](n1cnc3c(OCCC#N)nc(NC(=O)COc4ccccc4)nc31)O2. The number of amides is 1. The van der Waals surface area contributed by atoms with E-state index in [1.165, 1.54) is 10.4 Å². The van der Waals surface area contributed by atoms with Crippen molar-refractivity contribution >= 4 is 50.0 Å². The van der Waals surface area contributed by atoms with Gasteiger partial charge in [-0.15, -0.1) is 0 Å². The van der Waals surface area contributed by atoms with Crippen molar-refractivity contribution in [2.75, 3.05) is 31.7 Å². The molecule has 1 amide bonds. The summed E-state index contributed by atoms with van der Waals surface area (Å²) in [6, 6.07) is 34.2. The lowest BCUT2D eigenvalue weighted by atomic mass is 9.96. The molecule has 0 saturated carbocycles. The molecule has 5 aromatic rings. The lowest BCUT2D eigenvalue weighted by molar-refractivity contribution is -0.172. The monoisotopic (exact) mass is 819 g/mol. The molecule has 16 heteroatoms. The minimum Gasteiger partial charge on any atom is -0.484 e. The summed E-state index contributed by atoms with van der Waals surface area (Å²) >= 11 is 0. The van der Waals surface area contributed by atoms with E-state index in [-0.39, 0.29) is 43.6 Å². The van der Waals surface area contributed by atoms with Gasteiger partial charge in [-0.05, 0) is 37.4 Å². The van der Waals surface area contributed by atoms with Gasteiger partial charge in [-0.2, -0.15) is 15.2 Å². The van der Waals surface area contributed by atoms with Gasteiger partial charge in [0.25, 0.3) is 14.4 Å². The maximum atomic E-state index is 13.0. The van der Waals surface area contributed by atoms with Crippen molar-refractivity contribution < 1.29 is 32.8 Å². The third-order valence-corrected chi connectivity index (χ3v) is 18.0. The van der Waals surface area contributed by atoms with Gasteiger partial charge in [0.05, 0.1) is 31.5 Å². The molecule has 1 unspecified atom stereocenters. The fourth-order valence-corrected chi connectivity index (χ4v) is 14.8. The van der Waals surface area contributed by atoms with Gasteiger partial charge < -0.3 is 28.0 Å². The van der Waals surface area contributed by atoms with Crippen LogP contribution in [0, 0.1) is 11.3 Å². The smallest absolute Gasteiger partial charge is 0.264 e. The molecular weight excluding hydrogens is 774 g/mol. The minimum atomic E-state index is -2.19. The molecule has 6 heterocycles. The van der Waals surface area contributed by atoms with Gasteiger partial charge in [0.1, 0.15) is 38.2 Å². The Kier molecular flexibility index (Phi) is 11.0. The second-order valence-corrected chi connectivity index (χ2v) is 21.0. The van der Waals surface area contributed by atoms with Gasteiger partial charge in [0, 0.05) is 12.6 Å². The highest BCUT2D eigenvalue weighted by Gasteiger charge is 2.64. The van der Waals surface area contributed by atoms with E-state index < -0.39 is 46.5 Å². The summed E-state index contributed by atoms with van der Waals surface area (Å²) in [6.45, 7) is 5.69. The van der Waals surface area contributed by atoms with Crippen LogP contribution in [0.25, 0.3) is 11.2 Å². The molecule has 0 spiro atoms. The number of imidazole rings is 1. The Labute approximate surface area is 339 Å². The minimum absolute atomic E-state index is 0.000402. The van der Waals surface area contributed by atoms with Crippen LogP contribution in [-0.4, -0.2) is 94.5 Å². The summed E-state index contributed by atoms with van der Waals surface area (Å²) in [7, 11) is -3.59. The lowest BCUT2D eigenvalue weighted by Crippen LogP contribution is -2.58. The van der Waals surface area contributed by atoms with Crippen LogP contribution in [0.4, 0.5) is 5.95 Å². The van der Waals surface area contributed by atoms with Crippen LogP contribution in [0.15, 0.2) is 97.3 Å². The zero-order chi connectivity index (χ0) is 39.7. The first-order valence-electron chi connectivity index (χ1n) is 19.9. The van der Waals surface area contributed by atoms with Crippen LogP contribution < -0.4 is 25.2 Å². The molecule has 3 aromatic carbocycles. The van der Waals surface area contributed by atoms with Crippen molar-refractivity contribution in [2.24, 2.45) is 0 Å². The van der Waals surface area contributed by atoms with Gasteiger partial charge in [-0.1, -0.05) is 103 Å². The predicted molar refractivity (Wildman–Crippen MR) is 219 cm³/mol. The van der Waals surface area contributed by atoms with E-state index in [4.69, 9.17) is 33.0 Å². The Morgan fingerprint density at radius 3 is 2.47 bits per heavy atom. The number of carbonyl (C=O) groups is 1. The fourth-order valence-electron chi connectivity index (χ4n) is 8.73. The number of nitrogens with zero attached hydrogens (tertiary/aromatic N) is 6. The fraction of sp³-hybridized carbons (Fsp3) is 0.405. The number of hydrogen-bond donors (Lipinski definition) is 1. The predicted octanol–water partition coefficient (Wildman–Crippen LogP) is 5.58. The van der Waals surface area contributed by atoms with Crippen LogP contribution in [0.1, 0.15) is 38.8 Å². The van der Waals surface area contributed by atoms with E-state index in [0.717, 1.165) is 25.4 Å². The third kappa shape index (κ3) is 7.28. The van der Waals surface area contributed by atoms with Gasteiger partial charge >= 0.3 is 0 Å². The Morgan fingerprint density at radius 1 is 1.03 bits per heavy atom. The molecule has 0 radical (unpaired) electrons. The number of fused-ring (bicyclic) bond motifs is 4. The first-order chi connectivity index (χ1) is 28.4. The maximum Gasteiger partial charge on any atom is 0.264 e. The summed E-state index contributed by atoms with van der Waals surface area (Å²) in [5.74, 6) is 0.238. The van der Waals surface area contributed by atoms with Gasteiger partial charge in [-0.25, -0.2) is 9.65 Å². The average molecular weight is 820 g/mol. The Balaban J connectivity index is 0.970. The largest absolute Gasteiger partial charge is 0.484 e. The van der Waals surface area contributed by atoms with E-state index in [9.17, 15) is 10.1 Å². The molecule has 7 atom stereocenters. The summed E-state index contributed by atoms with van der Waals surface area (Å²) in [6.07, 6.45) is 3.06. The highest BCUT2D eigenvalue weighted by molar-refractivity contribution is 7.45. The maximum absolute atomic E-state index is 13.0. The summed E-state index contributed by atoms with van der Waals surface area (Å²) in [5, 5.41) is 14.7. The quantitative estimate of drug-likeness (QED) is 0.0797. The lowest BCUT2D eigenvalue weighted by Gasteiger charge is -2.32. The molecule has 14 nitrogen and oxygen atoms in total. The Hall–Kier alpha value is -4.78. The van der Waals surface area contributed by atoms with Crippen LogP contribution in [0.5, 0.6) is 11.6 Å². The second-order valence-electron chi connectivity index (χ2n) is 15.3. The highest BCUT2D eigenvalue weighted by Crippen LogP contribution is 2.61. The number of hydrogen-bond acceptors (Lipinski definition) is 12. The summed E-state index contributed by atoms with van der Waals surface area (Å²) in [5.41, 5.74) is 0.00916. The molecule has 2 aromatic heterocycles. The molecule has 1 N–H and O–H groups in total. The third-order valence-electron chi connectivity index (χ3n) is 11.8. The molecular formula is C42H46N7O7PSi. The van der Waals surface area contributed by atoms with Gasteiger partial charge in [0.15, 0.2) is 24.0 Å². The highest BCUT2D eigenvalue weighted by atomic mass is 31.2. The standard InChI is InChI=1S/C42H46N7O7PSi/c1-3-42-27-53-36(37(42)56-57-49-23-13-21-32(49)33(55-57)26-58(2,30-17-9-5-10-18-30)31-19-11-6-12-20-31)40(54-42)48-28-44-35-38(48)46-41(47-39(35)51-24-14-22-43)45-34(50)25-52-29-15-7-4-8-16-29/h4-12,15-20,28,32-33,36-37,40H,3,13-14,21,23-27H2,1-2H3,(H,45,46,47,50)/t32-,33+,36+,37?,40-,42-,57+/m1/s1. The van der Waals surface area contributed by atoms with Crippen molar-refractivity contribution in [3.8, 4) is 17.7 Å². The number of nitrogens with one attached hydrogen (secondary N) is 1. The normalized spacial score (nSPS) is 26.4. The zero-order valence-electron chi connectivity index (χ0n) is 32.5. The number of para-hydroxylation sites is 1. The average Bonchev–Trinajstić information content (AvgIpc) is 4.10. The van der Waals surface area contributed by atoms with Gasteiger partial charge in [0.2, 0.25) is 11.8 Å². The molecule has 4 aliphatic rings. The number of benzene rings is 3. The van der Waals surface area contributed by atoms with Crippen LogP contribution >= 0.6 is 8.53 Å². The molecule has 4 aliphatic heterocycles.